The molecule has 0 spiro atoms. The number of benzene rings is 1. The number of thioether (sulfide) groups is 1. The summed E-state index contributed by atoms with van der Waals surface area (Å²) in [7, 11) is 0. The van der Waals surface area contributed by atoms with E-state index in [1.165, 1.54) is 31.0 Å². The molecular formula is C19H27F6NS. The van der Waals surface area contributed by atoms with Gasteiger partial charge in [0.25, 0.3) is 0 Å². The van der Waals surface area contributed by atoms with Crippen molar-refractivity contribution >= 4 is 17.4 Å². The average Bonchev–Trinajstić information content (AvgIpc) is 2.58. The van der Waals surface area contributed by atoms with Gasteiger partial charge in [-0.25, -0.2) is 0 Å². The zero-order valence-corrected chi connectivity index (χ0v) is 16.5. The molecule has 0 saturated heterocycles. The van der Waals surface area contributed by atoms with E-state index in [0.29, 0.717) is 5.25 Å². The molecule has 0 heterocycles. The van der Waals surface area contributed by atoms with Gasteiger partial charge in [0.2, 0.25) is 0 Å². The molecule has 0 amide bonds. The van der Waals surface area contributed by atoms with Crippen molar-refractivity contribution in [2.75, 3.05) is 11.2 Å². The van der Waals surface area contributed by atoms with Crippen LogP contribution in [0, 0.1) is 0 Å². The van der Waals surface area contributed by atoms with E-state index >= 15 is 0 Å². The van der Waals surface area contributed by atoms with Crippen molar-refractivity contribution in [3.05, 3.63) is 29.3 Å². The first-order valence-corrected chi connectivity index (χ1v) is 10.3. The van der Waals surface area contributed by atoms with Crippen LogP contribution >= 0.6 is 11.8 Å². The van der Waals surface area contributed by atoms with Gasteiger partial charge in [-0.05, 0) is 31.0 Å². The Morgan fingerprint density at radius 1 is 0.852 bits per heavy atom. The van der Waals surface area contributed by atoms with Crippen molar-refractivity contribution in [1.82, 2.24) is 0 Å². The van der Waals surface area contributed by atoms with Crippen LogP contribution in [0.3, 0.4) is 0 Å². The van der Waals surface area contributed by atoms with Gasteiger partial charge >= 0.3 is 12.4 Å². The normalized spacial score (nSPS) is 13.6. The Balaban J connectivity index is 2.64. The summed E-state index contributed by atoms with van der Waals surface area (Å²) in [4.78, 5) is 0. The van der Waals surface area contributed by atoms with E-state index < -0.39 is 23.5 Å². The summed E-state index contributed by atoms with van der Waals surface area (Å²) in [6.07, 6.45) is -1.91. The second-order valence-corrected chi connectivity index (χ2v) is 7.80. The molecule has 1 aromatic carbocycles. The van der Waals surface area contributed by atoms with Gasteiger partial charge in [0.15, 0.2) is 0 Å². The summed E-state index contributed by atoms with van der Waals surface area (Å²) in [6.45, 7) is 4.18. The number of halogens is 6. The maximum absolute atomic E-state index is 12.9. The molecule has 0 unspecified atom stereocenters. The van der Waals surface area contributed by atoms with Crippen LogP contribution in [-0.2, 0) is 12.4 Å². The van der Waals surface area contributed by atoms with Crippen molar-refractivity contribution in [3.8, 4) is 0 Å². The van der Waals surface area contributed by atoms with Crippen molar-refractivity contribution in [2.45, 2.75) is 76.4 Å². The minimum Gasteiger partial charge on any atom is -0.376 e. The molecule has 156 valence electrons. The lowest BCUT2D eigenvalue weighted by Gasteiger charge is -2.17. The highest BCUT2D eigenvalue weighted by atomic mass is 32.2. The quantitative estimate of drug-likeness (QED) is 0.223. The predicted octanol–water partition coefficient (Wildman–Crippen LogP) is 7.97. The van der Waals surface area contributed by atoms with Gasteiger partial charge in [0.05, 0.1) is 17.0 Å². The first-order chi connectivity index (χ1) is 12.6. The van der Waals surface area contributed by atoms with Gasteiger partial charge in [0, 0.05) is 10.9 Å². The van der Waals surface area contributed by atoms with Gasteiger partial charge < -0.3 is 5.32 Å². The van der Waals surface area contributed by atoms with Crippen LogP contribution in [0.15, 0.2) is 18.2 Å². The molecule has 0 saturated carbocycles. The molecule has 0 fully saturated rings. The van der Waals surface area contributed by atoms with E-state index in [9.17, 15) is 26.3 Å². The number of hydrogen-bond acceptors (Lipinski definition) is 2. The van der Waals surface area contributed by atoms with Gasteiger partial charge in [-0.15, -0.1) is 11.8 Å². The fourth-order valence-electron chi connectivity index (χ4n) is 2.68. The number of hydrogen-bond donors (Lipinski definition) is 1. The van der Waals surface area contributed by atoms with Gasteiger partial charge in [-0.2, -0.15) is 26.3 Å². The van der Waals surface area contributed by atoms with Crippen molar-refractivity contribution in [2.24, 2.45) is 0 Å². The third kappa shape index (κ3) is 9.12. The van der Waals surface area contributed by atoms with E-state index in [1.807, 2.05) is 6.92 Å². The molecule has 8 heteroatoms. The summed E-state index contributed by atoms with van der Waals surface area (Å²) >= 11 is 1.53. The summed E-state index contributed by atoms with van der Waals surface area (Å²) in [5, 5.41) is 3.05. The summed E-state index contributed by atoms with van der Waals surface area (Å²) in [5.74, 6) is 0.270. The van der Waals surface area contributed by atoms with E-state index in [1.54, 1.807) is 0 Å². The third-order valence-corrected chi connectivity index (χ3v) is 5.62. The molecule has 1 aromatic rings. The van der Waals surface area contributed by atoms with E-state index in [0.717, 1.165) is 37.8 Å². The fourth-order valence-corrected chi connectivity index (χ4v) is 3.74. The molecule has 0 aliphatic rings. The molecular weight excluding hydrogens is 388 g/mol. The monoisotopic (exact) mass is 415 g/mol. The standard InChI is InChI=1S/C19H27F6NS/c1-3-5-6-7-8-9-17(4-2)27-13-26-16-11-14(18(20,21)22)10-15(12-16)19(23,24)25/h10-12,17,26H,3-9,13H2,1-2H3/t17-/m1/s1. The Hall–Kier alpha value is -1.05. The number of anilines is 1. The van der Waals surface area contributed by atoms with Crippen molar-refractivity contribution < 1.29 is 26.3 Å². The van der Waals surface area contributed by atoms with Gasteiger partial charge in [0.1, 0.15) is 0 Å². The van der Waals surface area contributed by atoms with Gasteiger partial charge in [-0.3, -0.25) is 0 Å². The number of alkyl halides is 6. The molecule has 0 aromatic heterocycles. The zero-order valence-electron chi connectivity index (χ0n) is 15.6. The Morgan fingerprint density at radius 2 is 1.41 bits per heavy atom. The van der Waals surface area contributed by atoms with E-state index in [4.69, 9.17) is 0 Å². The third-order valence-electron chi connectivity index (χ3n) is 4.27. The molecule has 1 nitrogen and oxygen atoms in total. The maximum Gasteiger partial charge on any atom is 0.416 e. The first-order valence-electron chi connectivity index (χ1n) is 9.22. The summed E-state index contributed by atoms with van der Waals surface area (Å²) in [6, 6.07) is 1.59. The minimum atomic E-state index is -4.82. The van der Waals surface area contributed by atoms with Crippen LogP contribution in [0.2, 0.25) is 0 Å². The Bertz CT molecular complexity index is 524. The molecule has 27 heavy (non-hydrogen) atoms. The Morgan fingerprint density at radius 3 is 1.89 bits per heavy atom. The lowest BCUT2D eigenvalue weighted by molar-refractivity contribution is -0.143. The molecule has 1 atom stereocenters. The van der Waals surface area contributed by atoms with Crippen molar-refractivity contribution in [3.63, 3.8) is 0 Å². The summed E-state index contributed by atoms with van der Waals surface area (Å²) < 4.78 is 77.2. The molecule has 0 radical (unpaired) electrons. The highest BCUT2D eigenvalue weighted by Gasteiger charge is 2.36. The molecule has 0 bridgehead atoms. The highest BCUT2D eigenvalue weighted by molar-refractivity contribution is 7.99. The zero-order chi connectivity index (χ0) is 20.5. The SMILES string of the molecule is CCCCCCC[C@@H](CC)SCNc1cc(C(F)(F)F)cc(C(F)(F)F)c1. The van der Waals surface area contributed by atoms with Crippen LogP contribution in [0.25, 0.3) is 0 Å². The lowest BCUT2D eigenvalue weighted by atomic mass is 10.1. The summed E-state index contributed by atoms with van der Waals surface area (Å²) in [5.41, 5.74) is -2.76. The van der Waals surface area contributed by atoms with Crippen LogP contribution < -0.4 is 5.32 Å². The lowest BCUT2D eigenvalue weighted by Crippen LogP contribution is -2.13. The number of rotatable bonds is 11. The molecule has 1 rings (SSSR count). The number of unbranched alkanes of at least 4 members (excludes halogenated alkanes) is 4. The first kappa shape index (κ1) is 24.0. The molecule has 0 aliphatic heterocycles. The van der Waals surface area contributed by atoms with E-state index in [-0.39, 0.29) is 17.6 Å². The van der Waals surface area contributed by atoms with Crippen LogP contribution in [0.5, 0.6) is 0 Å². The molecule has 1 N–H and O–H groups in total. The Labute approximate surface area is 161 Å². The Kier molecular flexibility index (Phi) is 9.84. The highest BCUT2D eigenvalue weighted by Crippen LogP contribution is 2.37. The topological polar surface area (TPSA) is 12.0 Å². The average molecular weight is 415 g/mol. The second-order valence-electron chi connectivity index (χ2n) is 6.52. The smallest absolute Gasteiger partial charge is 0.376 e. The fraction of sp³-hybridized carbons (Fsp3) is 0.684. The van der Waals surface area contributed by atoms with Crippen LogP contribution in [0.1, 0.15) is 69.9 Å². The van der Waals surface area contributed by atoms with Gasteiger partial charge in [-0.1, -0.05) is 46.0 Å². The van der Waals surface area contributed by atoms with E-state index in [2.05, 4.69) is 12.2 Å². The second kappa shape index (κ2) is 11.1. The largest absolute Gasteiger partial charge is 0.416 e. The number of nitrogens with one attached hydrogen (secondary N) is 1. The minimum absolute atomic E-state index is 0.142. The predicted molar refractivity (Wildman–Crippen MR) is 100.0 cm³/mol. The van der Waals surface area contributed by atoms with Crippen LogP contribution in [-0.4, -0.2) is 11.1 Å². The van der Waals surface area contributed by atoms with Crippen LogP contribution in [0.4, 0.5) is 32.0 Å². The van der Waals surface area contributed by atoms with Crippen molar-refractivity contribution in [1.29, 1.82) is 0 Å². The maximum atomic E-state index is 12.9. The molecule has 0 aliphatic carbocycles.